The van der Waals surface area contributed by atoms with Crippen LogP contribution in [0.1, 0.15) is 5.69 Å². The van der Waals surface area contributed by atoms with Crippen LogP contribution in [0.25, 0.3) is 0 Å². The van der Waals surface area contributed by atoms with Crippen LogP contribution in [0.5, 0.6) is 0 Å². The van der Waals surface area contributed by atoms with Crippen LogP contribution in [0.4, 0.5) is 13.2 Å². The lowest BCUT2D eigenvalue weighted by Gasteiger charge is -2.00. The van der Waals surface area contributed by atoms with E-state index in [1.165, 1.54) is 13.2 Å². The van der Waals surface area contributed by atoms with E-state index in [1.807, 2.05) is 0 Å². The molecule has 0 aliphatic heterocycles. The van der Waals surface area contributed by atoms with Gasteiger partial charge in [0.05, 0.1) is 4.47 Å². The van der Waals surface area contributed by atoms with Crippen LogP contribution in [-0.4, -0.2) is 9.78 Å². The Morgan fingerprint density at radius 2 is 2.09 bits per heavy atom. The first-order valence-electron chi connectivity index (χ1n) is 2.67. The summed E-state index contributed by atoms with van der Waals surface area (Å²) in [7, 11) is 1.43. The number of nitrogens with zero attached hydrogens (tertiary/aromatic N) is 2. The van der Waals surface area contributed by atoms with Crippen molar-refractivity contribution in [2.24, 2.45) is 7.05 Å². The first-order chi connectivity index (χ1) is 4.91. The molecule has 0 saturated carbocycles. The fourth-order valence-electron chi connectivity index (χ4n) is 0.652. The van der Waals surface area contributed by atoms with Crippen molar-refractivity contribution in [3.05, 3.63) is 16.4 Å². The average molecular weight is 229 g/mol. The van der Waals surface area contributed by atoms with E-state index in [2.05, 4.69) is 21.0 Å². The summed E-state index contributed by atoms with van der Waals surface area (Å²) in [4.78, 5) is 0. The molecule has 62 valence electrons. The van der Waals surface area contributed by atoms with Gasteiger partial charge in [-0.15, -0.1) is 0 Å². The highest BCUT2D eigenvalue weighted by molar-refractivity contribution is 9.10. The molecule has 1 aromatic rings. The maximum atomic E-state index is 12.0. The van der Waals surface area contributed by atoms with Crippen molar-refractivity contribution in [2.45, 2.75) is 6.18 Å². The highest BCUT2D eigenvalue weighted by Gasteiger charge is 2.36. The van der Waals surface area contributed by atoms with E-state index < -0.39 is 11.9 Å². The molecule has 0 aliphatic rings. The predicted octanol–water partition coefficient (Wildman–Crippen LogP) is 2.20. The molecule has 1 heterocycles. The van der Waals surface area contributed by atoms with Gasteiger partial charge in [-0.3, -0.25) is 4.68 Å². The summed E-state index contributed by atoms with van der Waals surface area (Å²) < 4.78 is 36.9. The number of hydrogen-bond acceptors (Lipinski definition) is 1. The quantitative estimate of drug-likeness (QED) is 0.666. The third-order valence-electron chi connectivity index (χ3n) is 1.05. The van der Waals surface area contributed by atoms with Crippen LogP contribution in [-0.2, 0) is 13.2 Å². The summed E-state index contributed by atoms with van der Waals surface area (Å²) in [5.74, 6) is 0. The SMILES string of the molecule is Cn1cc(Br)c(C(F)(F)F)n1. The van der Waals surface area contributed by atoms with Crippen molar-refractivity contribution in [3.8, 4) is 0 Å². The monoisotopic (exact) mass is 228 g/mol. The number of alkyl halides is 3. The van der Waals surface area contributed by atoms with Gasteiger partial charge in [-0.25, -0.2) is 0 Å². The van der Waals surface area contributed by atoms with Crippen molar-refractivity contribution < 1.29 is 13.2 Å². The van der Waals surface area contributed by atoms with Gasteiger partial charge < -0.3 is 0 Å². The van der Waals surface area contributed by atoms with Gasteiger partial charge >= 0.3 is 6.18 Å². The second-order valence-electron chi connectivity index (χ2n) is 2.00. The van der Waals surface area contributed by atoms with Crippen LogP contribution >= 0.6 is 15.9 Å². The fourth-order valence-corrected chi connectivity index (χ4v) is 1.25. The zero-order chi connectivity index (χ0) is 8.65. The standard InChI is InChI=1S/C5H4BrF3N2/c1-11-2-3(6)4(10-11)5(7,8)9/h2H,1H3. The minimum Gasteiger partial charge on any atom is -0.274 e. The summed E-state index contributed by atoms with van der Waals surface area (Å²) in [5, 5.41) is 3.23. The van der Waals surface area contributed by atoms with Crippen LogP contribution in [0.15, 0.2) is 10.7 Å². The minimum atomic E-state index is -4.37. The Balaban J connectivity index is 3.13. The van der Waals surface area contributed by atoms with Crippen molar-refractivity contribution in [3.63, 3.8) is 0 Å². The van der Waals surface area contributed by atoms with Crippen LogP contribution in [0, 0.1) is 0 Å². The third kappa shape index (κ3) is 1.74. The Morgan fingerprint density at radius 3 is 2.27 bits per heavy atom. The van der Waals surface area contributed by atoms with Gasteiger partial charge in [-0.1, -0.05) is 0 Å². The lowest BCUT2D eigenvalue weighted by Crippen LogP contribution is -2.07. The highest BCUT2D eigenvalue weighted by atomic mass is 79.9. The molecule has 0 atom stereocenters. The van der Waals surface area contributed by atoms with Crippen molar-refractivity contribution in [1.29, 1.82) is 0 Å². The molecule has 0 amide bonds. The highest BCUT2D eigenvalue weighted by Crippen LogP contribution is 2.32. The maximum absolute atomic E-state index is 12.0. The summed E-state index contributed by atoms with van der Waals surface area (Å²) in [6.45, 7) is 0. The molecule has 0 N–H and O–H groups in total. The molecule has 0 bridgehead atoms. The lowest BCUT2D eigenvalue weighted by atomic mass is 10.4. The number of hydrogen-bond donors (Lipinski definition) is 0. The molecule has 2 nitrogen and oxygen atoms in total. The van der Waals surface area contributed by atoms with Gasteiger partial charge in [-0.2, -0.15) is 18.3 Å². The van der Waals surface area contributed by atoms with Crippen molar-refractivity contribution >= 4 is 15.9 Å². The van der Waals surface area contributed by atoms with E-state index in [1.54, 1.807) is 0 Å². The lowest BCUT2D eigenvalue weighted by molar-refractivity contribution is -0.142. The Labute approximate surface area is 69.1 Å². The third-order valence-corrected chi connectivity index (χ3v) is 1.63. The van der Waals surface area contributed by atoms with Gasteiger partial charge in [-0.05, 0) is 15.9 Å². The second kappa shape index (κ2) is 2.51. The van der Waals surface area contributed by atoms with Gasteiger partial charge in [0, 0.05) is 13.2 Å². The molecule has 0 saturated heterocycles. The summed E-state index contributed by atoms with van der Waals surface area (Å²) in [6.07, 6.45) is -3.12. The molecular weight excluding hydrogens is 225 g/mol. The van der Waals surface area contributed by atoms with Crippen molar-refractivity contribution in [1.82, 2.24) is 9.78 Å². The fraction of sp³-hybridized carbons (Fsp3) is 0.400. The van der Waals surface area contributed by atoms with E-state index in [4.69, 9.17) is 0 Å². The van der Waals surface area contributed by atoms with E-state index >= 15 is 0 Å². The minimum absolute atomic E-state index is 0.0347. The summed E-state index contributed by atoms with van der Waals surface area (Å²) in [6, 6.07) is 0. The number of aromatic nitrogens is 2. The molecular formula is C5H4BrF3N2. The van der Waals surface area contributed by atoms with E-state index in [-0.39, 0.29) is 4.47 Å². The Bertz CT molecular complexity index is 265. The molecule has 0 spiro atoms. The zero-order valence-corrected chi connectivity index (χ0v) is 7.07. The molecule has 0 unspecified atom stereocenters. The Morgan fingerprint density at radius 1 is 1.55 bits per heavy atom. The molecule has 0 aliphatic carbocycles. The normalized spacial score (nSPS) is 12.1. The predicted molar refractivity (Wildman–Crippen MR) is 35.9 cm³/mol. The van der Waals surface area contributed by atoms with Crippen molar-refractivity contribution in [2.75, 3.05) is 0 Å². The van der Waals surface area contributed by atoms with Gasteiger partial charge in [0.1, 0.15) is 0 Å². The summed E-state index contributed by atoms with van der Waals surface area (Å²) >= 11 is 2.75. The molecule has 1 aromatic heterocycles. The Kier molecular flexibility index (Phi) is 1.96. The molecule has 0 aromatic carbocycles. The molecule has 1 rings (SSSR count). The average Bonchev–Trinajstić information content (AvgIpc) is 2.08. The number of aryl methyl sites for hydroxylation is 1. The molecule has 11 heavy (non-hydrogen) atoms. The van der Waals surface area contributed by atoms with E-state index in [9.17, 15) is 13.2 Å². The first kappa shape index (κ1) is 8.58. The van der Waals surface area contributed by atoms with Crippen LogP contribution < -0.4 is 0 Å². The molecule has 0 fully saturated rings. The maximum Gasteiger partial charge on any atom is 0.436 e. The number of halogens is 4. The second-order valence-corrected chi connectivity index (χ2v) is 2.85. The largest absolute Gasteiger partial charge is 0.436 e. The van der Waals surface area contributed by atoms with E-state index in [0.717, 1.165) is 4.68 Å². The van der Waals surface area contributed by atoms with Crippen LogP contribution in [0.2, 0.25) is 0 Å². The first-order valence-corrected chi connectivity index (χ1v) is 3.47. The topological polar surface area (TPSA) is 17.8 Å². The zero-order valence-electron chi connectivity index (χ0n) is 5.48. The van der Waals surface area contributed by atoms with Gasteiger partial charge in [0.25, 0.3) is 0 Å². The Hall–Kier alpha value is -0.520. The molecule has 0 radical (unpaired) electrons. The van der Waals surface area contributed by atoms with Gasteiger partial charge in [0.2, 0.25) is 0 Å². The smallest absolute Gasteiger partial charge is 0.274 e. The van der Waals surface area contributed by atoms with Crippen LogP contribution in [0.3, 0.4) is 0 Å². The van der Waals surface area contributed by atoms with Gasteiger partial charge in [0.15, 0.2) is 5.69 Å². The summed E-state index contributed by atoms with van der Waals surface area (Å²) in [5.41, 5.74) is -0.889. The van der Waals surface area contributed by atoms with E-state index in [0.29, 0.717) is 0 Å². The molecule has 6 heteroatoms. The number of rotatable bonds is 0.